The molecule has 2 nitrogen and oxygen atoms in total. The number of aliphatic hydroxyl groups is 1. The van der Waals surface area contributed by atoms with Gasteiger partial charge in [-0.2, -0.15) is 0 Å². The first-order valence-corrected chi connectivity index (χ1v) is 6.13. The maximum atomic E-state index is 10.0. The number of ether oxygens (including phenoxy) is 1. The summed E-state index contributed by atoms with van der Waals surface area (Å²) in [5.41, 5.74) is 1.28. The molecule has 88 valence electrons. The predicted molar refractivity (Wildman–Crippen MR) is 64.3 cm³/mol. The Kier molecular flexibility index (Phi) is 3.97. The van der Waals surface area contributed by atoms with Gasteiger partial charge in [0.05, 0.1) is 18.3 Å². The second-order valence-electron chi connectivity index (χ2n) is 4.65. The predicted octanol–water partition coefficient (Wildman–Crippen LogP) is 2.55. The van der Waals surface area contributed by atoms with E-state index < -0.39 is 0 Å². The molecule has 3 atom stereocenters. The minimum Gasteiger partial charge on any atom is -0.390 e. The van der Waals surface area contributed by atoms with Crippen molar-refractivity contribution in [2.24, 2.45) is 0 Å². The normalized spacial score (nSPS) is 26.9. The van der Waals surface area contributed by atoms with Crippen LogP contribution in [-0.4, -0.2) is 23.4 Å². The molecule has 1 saturated heterocycles. The van der Waals surface area contributed by atoms with Crippen LogP contribution in [-0.2, 0) is 11.2 Å². The maximum Gasteiger partial charge on any atom is 0.0838 e. The van der Waals surface area contributed by atoms with Crippen LogP contribution in [0.15, 0.2) is 30.3 Å². The van der Waals surface area contributed by atoms with E-state index in [-0.39, 0.29) is 12.2 Å². The zero-order valence-electron chi connectivity index (χ0n) is 9.80. The molecule has 0 radical (unpaired) electrons. The van der Waals surface area contributed by atoms with Gasteiger partial charge in [-0.05, 0) is 38.2 Å². The number of hydrogen-bond acceptors (Lipinski definition) is 2. The fraction of sp³-hybridized carbons (Fsp3) is 0.571. The zero-order chi connectivity index (χ0) is 11.4. The standard InChI is InChI=1S/C14H20O2/c1-11-7-10-14(16-11)13(15)9-8-12-5-3-2-4-6-12/h2-6,11,13-15H,7-10H2,1H3. The first kappa shape index (κ1) is 11.6. The van der Waals surface area contributed by atoms with E-state index in [1.54, 1.807) is 0 Å². The van der Waals surface area contributed by atoms with Crippen LogP contribution in [0.3, 0.4) is 0 Å². The summed E-state index contributed by atoms with van der Waals surface area (Å²) < 4.78 is 5.66. The molecule has 0 saturated carbocycles. The molecule has 1 heterocycles. The topological polar surface area (TPSA) is 29.5 Å². The monoisotopic (exact) mass is 220 g/mol. The van der Waals surface area contributed by atoms with Crippen LogP contribution in [0.1, 0.15) is 31.7 Å². The Morgan fingerprint density at radius 3 is 2.69 bits per heavy atom. The van der Waals surface area contributed by atoms with Crippen molar-refractivity contribution in [1.29, 1.82) is 0 Å². The molecule has 0 bridgehead atoms. The van der Waals surface area contributed by atoms with E-state index in [4.69, 9.17) is 4.74 Å². The highest BCUT2D eigenvalue weighted by Gasteiger charge is 2.27. The summed E-state index contributed by atoms with van der Waals surface area (Å²) in [4.78, 5) is 0. The molecule has 0 amide bonds. The molecule has 1 aliphatic heterocycles. The van der Waals surface area contributed by atoms with Crippen molar-refractivity contribution in [3.8, 4) is 0 Å². The molecule has 1 aliphatic rings. The lowest BCUT2D eigenvalue weighted by molar-refractivity contribution is -0.0312. The zero-order valence-corrected chi connectivity index (χ0v) is 9.80. The Labute approximate surface area is 97.3 Å². The Balaban J connectivity index is 1.78. The third-order valence-corrected chi connectivity index (χ3v) is 3.27. The molecular weight excluding hydrogens is 200 g/mol. The van der Waals surface area contributed by atoms with Crippen molar-refractivity contribution in [2.45, 2.75) is 50.9 Å². The molecule has 2 heteroatoms. The fourth-order valence-corrected chi connectivity index (χ4v) is 2.26. The minimum absolute atomic E-state index is 0.0544. The van der Waals surface area contributed by atoms with Gasteiger partial charge in [0.2, 0.25) is 0 Å². The smallest absolute Gasteiger partial charge is 0.0838 e. The van der Waals surface area contributed by atoms with Crippen molar-refractivity contribution in [2.75, 3.05) is 0 Å². The van der Waals surface area contributed by atoms with Crippen molar-refractivity contribution in [1.82, 2.24) is 0 Å². The number of aryl methyl sites for hydroxylation is 1. The van der Waals surface area contributed by atoms with Crippen LogP contribution < -0.4 is 0 Å². The van der Waals surface area contributed by atoms with E-state index in [1.165, 1.54) is 5.56 Å². The molecule has 1 aromatic rings. The van der Waals surface area contributed by atoms with Crippen molar-refractivity contribution >= 4 is 0 Å². The van der Waals surface area contributed by atoms with Gasteiger partial charge in [0.15, 0.2) is 0 Å². The highest BCUT2D eigenvalue weighted by Crippen LogP contribution is 2.23. The lowest BCUT2D eigenvalue weighted by atomic mass is 10.0. The first-order chi connectivity index (χ1) is 7.75. The van der Waals surface area contributed by atoms with Crippen LogP contribution in [0.25, 0.3) is 0 Å². The second kappa shape index (κ2) is 5.46. The van der Waals surface area contributed by atoms with Crippen LogP contribution >= 0.6 is 0 Å². The summed E-state index contributed by atoms with van der Waals surface area (Å²) in [6.07, 6.45) is 3.85. The number of benzene rings is 1. The molecule has 3 unspecified atom stereocenters. The highest BCUT2D eigenvalue weighted by atomic mass is 16.5. The van der Waals surface area contributed by atoms with Gasteiger partial charge >= 0.3 is 0 Å². The summed E-state index contributed by atoms with van der Waals surface area (Å²) in [6.45, 7) is 2.07. The van der Waals surface area contributed by atoms with Crippen molar-refractivity contribution in [3.63, 3.8) is 0 Å². The molecule has 2 rings (SSSR count). The van der Waals surface area contributed by atoms with Gasteiger partial charge in [0, 0.05) is 0 Å². The van der Waals surface area contributed by atoms with Crippen molar-refractivity contribution in [3.05, 3.63) is 35.9 Å². The van der Waals surface area contributed by atoms with E-state index in [0.717, 1.165) is 25.7 Å². The third-order valence-electron chi connectivity index (χ3n) is 3.27. The average Bonchev–Trinajstić information content (AvgIpc) is 2.74. The van der Waals surface area contributed by atoms with Gasteiger partial charge in [-0.1, -0.05) is 30.3 Å². The minimum atomic E-state index is -0.315. The van der Waals surface area contributed by atoms with E-state index in [0.29, 0.717) is 6.10 Å². The molecule has 0 aliphatic carbocycles. The quantitative estimate of drug-likeness (QED) is 0.845. The summed E-state index contributed by atoms with van der Waals surface area (Å²) >= 11 is 0. The van der Waals surface area contributed by atoms with E-state index in [9.17, 15) is 5.11 Å². The molecular formula is C14H20O2. The molecule has 1 aromatic carbocycles. The molecule has 1 N–H and O–H groups in total. The number of hydrogen-bond donors (Lipinski definition) is 1. The highest BCUT2D eigenvalue weighted by molar-refractivity contribution is 5.14. The van der Waals surface area contributed by atoms with Gasteiger partial charge in [-0.25, -0.2) is 0 Å². The Morgan fingerprint density at radius 1 is 1.31 bits per heavy atom. The van der Waals surface area contributed by atoms with Crippen LogP contribution in [0.5, 0.6) is 0 Å². The van der Waals surface area contributed by atoms with E-state index >= 15 is 0 Å². The van der Waals surface area contributed by atoms with Crippen molar-refractivity contribution < 1.29 is 9.84 Å². The summed E-state index contributed by atoms with van der Waals surface area (Å²) in [5.74, 6) is 0. The van der Waals surface area contributed by atoms with Gasteiger partial charge in [0.25, 0.3) is 0 Å². The van der Waals surface area contributed by atoms with Crippen LogP contribution in [0.2, 0.25) is 0 Å². The Morgan fingerprint density at radius 2 is 2.06 bits per heavy atom. The SMILES string of the molecule is CC1CCC(C(O)CCc2ccccc2)O1. The summed E-state index contributed by atoms with van der Waals surface area (Å²) in [6, 6.07) is 10.3. The van der Waals surface area contributed by atoms with E-state index in [2.05, 4.69) is 19.1 Å². The second-order valence-corrected chi connectivity index (χ2v) is 4.65. The first-order valence-electron chi connectivity index (χ1n) is 6.13. The van der Waals surface area contributed by atoms with Gasteiger partial charge in [-0.3, -0.25) is 0 Å². The molecule has 16 heavy (non-hydrogen) atoms. The third kappa shape index (κ3) is 3.06. The molecule has 1 fully saturated rings. The Hall–Kier alpha value is -0.860. The number of rotatable bonds is 4. The van der Waals surface area contributed by atoms with Gasteiger partial charge in [0.1, 0.15) is 0 Å². The Bertz CT molecular complexity index is 310. The van der Waals surface area contributed by atoms with Gasteiger partial charge < -0.3 is 9.84 Å². The molecule has 0 aromatic heterocycles. The largest absolute Gasteiger partial charge is 0.390 e. The van der Waals surface area contributed by atoms with Crippen LogP contribution in [0, 0.1) is 0 Å². The van der Waals surface area contributed by atoms with E-state index in [1.807, 2.05) is 18.2 Å². The van der Waals surface area contributed by atoms with Gasteiger partial charge in [-0.15, -0.1) is 0 Å². The summed E-state index contributed by atoms with van der Waals surface area (Å²) in [5, 5.41) is 10.0. The number of aliphatic hydroxyl groups excluding tert-OH is 1. The lowest BCUT2D eigenvalue weighted by Gasteiger charge is -2.18. The molecule has 0 spiro atoms. The lowest BCUT2D eigenvalue weighted by Crippen LogP contribution is -2.26. The van der Waals surface area contributed by atoms with Crippen LogP contribution in [0.4, 0.5) is 0 Å². The fourth-order valence-electron chi connectivity index (χ4n) is 2.26. The average molecular weight is 220 g/mol. The summed E-state index contributed by atoms with van der Waals surface area (Å²) in [7, 11) is 0. The maximum absolute atomic E-state index is 10.0.